The van der Waals surface area contributed by atoms with Gasteiger partial charge < -0.3 is 0 Å². The smallest absolute Gasteiger partial charge is 0.262 e. The molecule has 2 aromatic heterocycles. The molecule has 6 nitrogen and oxygen atoms in total. The Morgan fingerprint density at radius 3 is 2.93 bits per heavy atom. The van der Waals surface area contributed by atoms with Gasteiger partial charge >= 0.3 is 0 Å². The molecule has 3 aromatic rings. The first-order chi connectivity index (χ1) is 14.0. The SMILES string of the molecule is CCc1ccc(C=NNC(=O)Cn2cnc3sc4c(c3c2=O)CC[C@@H](C)C4)cc1. The van der Waals surface area contributed by atoms with Crippen LogP contribution < -0.4 is 11.0 Å². The summed E-state index contributed by atoms with van der Waals surface area (Å²) in [6, 6.07) is 7.98. The van der Waals surface area contributed by atoms with E-state index in [-0.39, 0.29) is 18.0 Å². The van der Waals surface area contributed by atoms with Crippen LogP contribution in [0.25, 0.3) is 10.2 Å². The fourth-order valence-corrected chi connectivity index (χ4v) is 5.03. The molecular formula is C22H24N4O2S. The number of fused-ring (bicyclic) bond motifs is 3. The third-order valence-electron chi connectivity index (χ3n) is 5.39. The van der Waals surface area contributed by atoms with E-state index in [2.05, 4.69) is 29.4 Å². The lowest BCUT2D eigenvalue weighted by Crippen LogP contribution is -2.30. The molecule has 0 spiro atoms. The van der Waals surface area contributed by atoms with Crippen molar-refractivity contribution in [2.75, 3.05) is 0 Å². The molecule has 0 radical (unpaired) electrons. The predicted octanol–water partition coefficient (Wildman–Crippen LogP) is 3.30. The number of rotatable bonds is 5. The van der Waals surface area contributed by atoms with Crippen molar-refractivity contribution in [2.24, 2.45) is 11.0 Å². The Bertz CT molecular complexity index is 1130. The average molecular weight is 409 g/mol. The number of hydrogen-bond acceptors (Lipinski definition) is 5. The summed E-state index contributed by atoms with van der Waals surface area (Å²) in [6.07, 6.45) is 7.03. The Kier molecular flexibility index (Phi) is 5.58. The maximum atomic E-state index is 12.9. The first kappa shape index (κ1) is 19.5. The van der Waals surface area contributed by atoms with E-state index < -0.39 is 0 Å². The zero-order valence-corrected chi connectivity index (χ0v) is 17.5. The van der Waals surface area contributed by atoms with Gasteiger partial charge in [-0.2, -0.15) is 5.10 Å². The topological polar surface area (TPSA) is 76.3 Å². The Balaban J connectivity index is 1.47. The van der Waals surface area contributed by atoms with Crippen molar-refractivity contribution in [3.05, 3.63) is 62.5 Å². The molecule has 1 N–H and O–H groups in total. The summed E-state index contributed by atoms with van der Waals surface area (Å²) in [4.78, 5) is 31.7. The van der Waals surface area contributed by atoms with Crippen LogP contribution in [0.2, 0.25) is 0 Å². The molecule has 0 saturated heterocycles. The van der Waals surface area contributed by atoms with Crippen molar-refractivity contribution in [1.82, 2.24) is 15.0 Å². The molecule has 0 saturated carbocycles. The van der Waals surface area contributed by atoms with Crippen LogP contribution in [0.1, 0.15) is 41.8 Å². The molecule has 7 heteroatoms. The minimum Gasteiger partial charge on any atom is -0.289 e. The van der Waals surface area contributed by atoms with Crippen LogP contribution in [0.4, 0.5) is 0 Å². The predicted molar refractivity (Wildman–Crippen MR) is 117 cm³/mol. The first-order valence-corrected chi connectivity index (χ1v) is 10.8. The molecule has 29 heavy (non-hydrogen) atoms. The Morgan fingerprint density at radius 1 is 1.38 bits per heavy atom. The Morgan fingerprint density at radius 2 is 2.17 bits per heavy atom. The maximum Gasteiger partial charge on any atom is 0.262 e. The second-order valence-corrected chi connectivity index (χ2v) is 8.68. The molecule has 1 aromatic carbocycles. The van der Waals surface area contributed by atoms with Gasteiger partial charge in [0.2, 0.25) is 0 Å². The number of hydrazone groups is 1. The zero-order valence-electron chi connectivity index (χ0n) is 16.6. The van der Waals surface area contributed by atoms with Gasteiger partial charge in [0.1, 0.15) is 11.4 Å². The maximum absolute atomic E-state index is 12.9. The standard InChI is InChI=1S/C22H24N4O2S/c1-3-15-5-7-16(8-6-15)11-24-25-19(27)12-26-13-23-21-20(22(26)28)17-9-4-14(2)10-18(17)29-21/h5-8,11,13-14H,3-4,9-10,12H2,1-2H3,(H,25,27)/t14-/m1/s1. The highest BCUT2D eigenvalue weighted by Crippen LogP contribution is 2.35. The summed E-state index contributed by atoms with van der Waals surface area (Å²) in [6.45, 7) is 4.24. The number of hydrogen-bond donors (Lipinski definition) is 1. The van der Waals surface area contributed by atoms with E-state index in [9.17, 15) is 9.59 Å². The normalized spacial score (nSPS) is 16.3. The van der Waals surface area contributed by atoms with Crippen molar-refractivity contribution < 1.29 is 4.79 Å². The highest BCUT2D eigenvalue weighted by atomic mass is 32.1. The lowest BCUT2D eigenvalue weighted by Gasteiger charge is -2.17. The zero-order chi connectivity index (χ0) is 20.4. The lowest BCUT2D eigenvalue weighted by molar-refractivity contribution is -0.121. The third-order valence-corrected chi connectivity index (χ3v) is 6.55. The highest BCUT2D eigenvalue weighted by molar-refractivity contribution is 7.18. The number of benzene rings is 1. The van der Waals surface area contributed by atoms with Crippen LogP contribution in [0.3, 0.4) is 0 Å². The van der Waals surface area contributed by atoms with Crippen molar-refractivity contribution in [3.63, 3.8) is 0 Å². The number of aromatic nitrogens is 2. The van der Waals surface area contributed by atoms with Crippen molar-refractivity contribution in [2.45, 2.75) is 46.1 Å². The molecular weight excluding hydrogens is 384 g/mol. The number of nitrogens with zero attached hydrogens (tertiary/aromatic N) is 3. The molecule has 150 valence electrons. The van der Waals surface area contributed by atoms with Gasteiger partial charge in [0.05, 0.1) is 17.9 Å². The summed E-state index contributed by atoms with van der Waals surface area (Å²) in [5, 5.41) is 4.68. The van der Waals surface area contributed by atoms with E-state index >= 15 is 0 Å². The van der Waals surface area contributed by atoms with Crippen LogP contribution in [-0.4, -0.2) is 21.7 Å². The second-order valence-electron chi connectivity index (χ2n) is 7.60. The van der Waals surface area contributed by atoms with Crippen molar-refractivity contribution in [3.8, 4) is 0 Å². The number of carbonyl (C=O) groups excluding carboxylic acids is 1. The summed E-state index contributed by atoms with van der Waals surface area (Å²) >= 11 is 1.61. The van der Waals surface area contributed by atoms with Crippen LogP contribution in [0, 0.1) is 5.92 Å². The lowest BCUT2D eigenvalue weighted by atomic mass is 9.89. The summed E-state index contributed by atoms with van der Waals surface area (Å²) in [5.41, 5.74) is 5.63. The molecule has 2 heterocycles. The van der Waals surface area contributed by atoms with Gasteiger partial charge in [-0.1, -0.05) is 38.1 Å². The largest absolute Gasteiger partial charge is 0.289 e. The molecule has 0 aliphatic heterocycles. The van der Waals surface area contributed by atoms with Gasteiger partial charge in [-0.15, -0.1) is 11.3 Å². The molecule has 0 fully saturated rings. The van der Waals surface area contributed by atoms with E-state index in [4.69, 9.17) is 0 Å². The van der Waals surface area contributed by atoms with Gasteiger partial charge in [0, 0.05) is 4.88 Å². The molecule has 0 unspecified atom stereocenters. The number of aryl methyl sites for hydroxylation is 2. The molecule has 1 atom stereocenters. The minimum absolute atomic E-state index is 0.102. The number of carbonyl (C=O) groups is 1. The minimum atomic E-state index is -0.354. The molecule has 1 amide bonds. The highest BCUT2D eigenvalue weighted by Gasteiger charge is 2.23. The van der Waals surface area contributed by atoms with Gasteiger partial charge in [0.15, 0.2) is 0 Å². The van der Waals surface area contributed by atoms with Gasteiger partial charge in [-0.05, 0) is 48.3 Å². The summed E-state index contributed by atoms with van der Waals surface area (Å²) < 4.78 is 1.37. The van der Waals surface area contributed by atoms with E-state index in [0.29, 0.717) is 11.3 Å². The average Bonchev–Trinajstić information content (AvgIpc) is 3.09. The van der Waals surface area contributed by atoms with Crippen LogP contribution >= 0.6 is 11.3 Å². The quantitative estimate of drug-likeness (QED) is 0.520. The molecule has 0 bridgehead atoms. The van der Waals surface area contributed by atoms with Crippen LogP contribution in [-0.2, 0) is 30.6 Å². The summed E-state index contributed by atoms with van der Waals surface area (Å²) in [5.74, 6) is 0.284. The number of amides is 1. The van der Waals surface area contributed by atoms with E-state index in [1.807, 2.05) is 24.3 Å². The van der Waals surface area contributed by atoms with Crippen molar-refractivity contribution >= 4 is 33.7 Å². The van der Waals surface area contributed by atoms with Gasteiger partial charge in [0.25, 0.3) is 11.5 Å². The van der Waals surface area contributed by atoms with Crippen LogP contribution in [0.5, 0.6) is 0 Å². The fourth-order valence-electron chi connectivity index (χ4n) is 3.69. The van der Waals surface area contributed by atoms with Gasteiger partial charge in [-0.25, -0.2) is 10.4 Å². The number of thiophene rings is 1. The van der Waals surface area contributed by atoms with E-state index in [1.165, 1.54) is 21.3 Å². The second kappa shape index (κ2) is 8.29. The monoisotopic (exact) mass is 408 g/mol. The third kappa shape index (κ3) is 4.15. The van der Waals surface area contributed by atoms with Gasteiger partial charge in [-0.3, -0.25) is 14.2 Å². The Hall–Kier alpha value is -2.80. The molecule has 1 aliphatic rings. The van der Waals surface area contributed by atoms with Crippen molar-refractivity contribution in [1.29, 1.82) is 0 Å². The summed E-state index contributed by atoms with van der Waals surface area (Å²) in [7, 11) is 0. The van der Waals surface area contributed by atoms with E-state index in [1.54, 1.807) is 17.6 Å². The molecule has 4 rings (SSSR count). The first-order valence-electron chi connectivity index (χ1n) is 9.95. The Labute approximate surface area is 173 Å². The van der Waals surface area contributed by atoms with E-state index in [0.717, 1.165) is 41.6 Å². The molecule has 1 aliphatic carbocycles. The fraction of sp³-hybridized carbons (Fsp3) is 0.364. The van der Waals surface area contributed by atoms with Crippen LogP contribution in [0.15, 0.2) is 40.5 Å². The number of nitrogens with one attached hydrogen (secondary N) is 1.